The maximum absolute atomic E-state index is 9.90. The normalized spacial score (nSPS) is 21.1. The summed E-state index contributed by atoms with van der Waals surface area (Å²) in [6, 6.07) is 10.0. The van der Waals surface area contributed by atoms with E-state index in [9.17, 15) is 5.11 Å². The highest BCUT2D eigenvalue weighted by Crippen LogP contribution is 2.34. The number of rotatable bonds is 2. The fourth-order valence-electron chi connectivity index (χ4n) is 2.27. The Morgan fingerprint density at radius 1 is 1.56 bits per heavy atom. The van der Waals surface area contributed by atoms with Crippen LogP contribution in [0, 0.1) is 11.3 Å². The molecule has 0 fully saturated rings. The third kappa shape index (κ3) is 1.77. The van der Waals surface area contributed by atoms with Gasteiger partial charge in [-0.15, -0.1) is 0 Å². The predicted octanol–water partition coefficient (Wildman–Crippen LogP) is 2.23. The predicted molar refractivity (Wildman–Crippen MR) is 63.1 cm³/mol. The number of para-hydroxylation sites is 1. The lowest BCUT2D eigenvalue weighted by atomic mass is 9.97. The third-order valence-corrected chi connectivity index (χ3v) is 3.16. The fraction of sp³-hybridized carbons (Fsp3) is 0.462. The van der Waals surface area contributed by atoms with Crippen LogP contribution in [0.2, 0.25) is 0 Å². The molecule has 1 N–H and O–H groups in total. The highest BCUT2D eigenvalue weighted by atomic mass is 16.3. The molecule has 0 saturated carbocycles. The highest BCUT2D eigenvalue weighted by Gasteiger charge is 2.26. The van der Waals surface area contributed by atoms with Gasteiger partial charge in [0.1, 0.15) is 6.04 Å². The summed E-state index contributed by atoms with van der Waals surface area (Å²) in [5.74, 6) is 0. The van der Waals surface area contributed by atoms with Crippen molar-refractivity contribution in [1.29, 1.82) is 5.26 Å². The SMILES string of the molecule is CCC(C#N)N1CCC(O)c2ccccc21. The summed E-state index contributed by atoms with van der Waals surface area (Å²) >= 11 is 0. The molecule has 0 amide bonds. The van der Waals surface area contributed by atoms with Crippen LogP contribution in [0.15, 0.2) is 24.3 Å². The zero-order valence-corrected chi connectivity index (χ0v) is 9.43. The van der Waals surface area contributed by atoms with E-state index < -0.39 is 0 Å². The van der Waals surface area contributed by atoms with Gasteiger partial charge in [-0.2, -0.15) is 5.26 Å². The van der Waals surface area contributed by atoms with Crippen molar-refractivity contribution < 1.29 is 5.11 Å². The van der Waals surface area contributed by atoms with E-state index >= 15 is 0 Å². The number of nitrogens with zero attached hydrogens (tertiary/aromatic N) is 2. The van der Waals surface area contributed by atoms with E-state index in [0.717, 1.165) is 24.2 Å². The molecule has 3 heteroatoms. The van der Waals surface area contributed by atoms with Gasteiger partial charge in [0.15, 0.2) is 0 Å². The van der Waals surface area contributed by atoms with Gasteiger partial charge in [0, 0.05) is 17.8 Å². The van der Waals surface area contributed by atoms with E-state index in [1.165, 1.54) is 0 Å². The van der Waals surface area contributed by atoms with Crippen molar-refractivity contribution in [3.63, 3.8) is 0 Å². The van der Waals surface area contributed by atoms with E-state index in [2.05, 4.69) is 11.0 Å². The summed E-state index contributed by atoms with van der Waals surface area (Å²) in [6.45, 7) is 2.77. The lowest BCUT2D eigenvalue weighted by Gasteiger charge is -2.36. The molecule has 1 aliphatic rings. The van der Waals surface area contributed by atoms with Crippen LogP contribution in [-0.4, -0.2) is 17.7 Å². The standard InChI is InChI=1S/C13H16N2O/c1-2-10(9-14)15-8-7-13(16)11-5-3-4-6-12(11)15/h3-6,10,13,16H,2,7-8H2,1H3. The van der Waals surface area contributed by atoms with Crippen molar-refractivity contribution >= 4 is 5.69 Å². The van der Waals surface area contributed by atoms with Crippen LogP contribution in [0.3, 0.4) is 0 Å². The first-order chi connectivity index (χ1) is 7.77. The zero-order chi connectivity index (χ0) is 11.5. The van der Waals surface area contributed by atoms with Crippen LogP contribution in [0.5, 0.6) is 0 Å². The summed E-state index contributed by atoms with van der Waals surface area (Å²) < 4.78 is 0. The minimum Gasteiger partial charge on any atom is -0.388 e. The molecule has 0 radical (unpaired) electrons. The molecule has 3 nitrogen and oxygen atoms in total. The van der Waals surface area contributed by atoms with E-state index in [-0.39, 0.29) is 12.1 Å². The second kappa shape index (κ2) is 4.54. The van der Waals surface area contributed by atoms with Crippen molar-refractivity contribution in [3.8, 4) is 6.07 Å². The number of aliphatic hydroxyl groups excluding tert-OH is 1. The van der Waals surface area contributed by atoms with Crippen molar-refractivity contribution in [3.05, 3.63) is 29.8 Å². The van der Waals surface area contributed by atoms with Crippen LogP contribution >= 0.6 is 0 Å². The van der Waals surface area contributed by atoms with Gasteiger partial charge in [0.05, 0.1) is 12.2 Å². The van der Waals surface area contributed by atoms with Crippen molar-refractivity contribution in [1.82, 2.24) is 0 Å². The maximum atomic E-state index is 9.90. The van der Waals surface area contributed by atoms with Crippen molar-refractivity contribution in [2.45, 2.75) is 31.9 Å². The average Bonchev–Trinajstić information content (AvgIpc) is 2.34. The molecule has 0 spiro atoms. The van der Waals surface area contributed by atoms with E-state index in [1.807, 2.05) is 31.2 Å². The molecule has 16 heavy (non-hydrogen) atoms. The number of nitriles is 1. The molecule has 2 unspecified atom stereocenters. The quantitative estimate of drug-likeness (QED) is 0.824. The van der Waals surface area contributed by atoms with Gasteiger partial charge < -0.3 is 10.0 Å². The molecule has 0 bridgehead atoms. The van der Waals surface area contributed by atoms with Crippen LogP contribution in [0.4, 0.5) is 5.69 Å². The van der Waals surface area contributed by atoms with Gasteiger partial charge in [-0.25, -0.2) is 0 Å². The van der Waals surface area contributed by atoms with Crippen LogP contribution in [-0.2, 0) is 0 Å². The number of hydrogen-bond acceptors (Lipinski definition) is 3. The van der Waals surface area contributed by atoms with Crippen molar-refractivity contribution in [2.75, 3.05) is 11.4 Å². The van der Waals surface area contributed by atoms with E-state index in [4.69, 9.17) is 5.26 Å². The molecule has 0 aromatic heterocycles. The number of fused-ring (bicyclic) bond motifs is 1. The summed E-state index contributed by atoms with van der Waals surface area (Å²) in [7, 11) is 0. The molecule has 2 rings (SSSR count). The van der Waals surface area contributed by atoms with Gasteiger partial charge in [-0.1, -0.05) is 25.1 Å². The minimum atomic E-state index is -0.386. The van der Waals surface area contributed by atoms with Crippen molar-refractivity contribution in [2.24, 2.45) is 0 Å². The van der Waals surface area contributed by atoms with Gasteiger partial charge in [0.25, 0.3) is 0 Å². The second-order valence-electron chi connectivity index (χ2n) is 4.11. The minimum absolute atomic E-state index is 0.0892. The smallest absolute Gasteiger partial charge is 0.116 e. The highest BCUT2D eigenvalue weighted by molar-refractivity contribution is 5.58. The number of hydrogen-bond donors (Lipinski definition) is 1. The number of anilines is 1. The van der Waals surface area contributed by atoms with Crippen LogP contribution < -0.4 is 4.90 Å². The monoisotopic (exact) mass is 216 g/mol. The molecular weight excluding hydrogens is 200 g/mol. The molecule has 1 aromatic rings. The Kier molecular flexibility index (Phi) is 3.12. The molecule has 0 saturated heterocycles. The molecular formula is C13H16N2O. The topological polar surface area (TPSA) is 47.3 Å². The molecule has 2 atom stereocenters. The van der Waals surface area contributed by atoms with Crippen LogP contribution in [0.25, 0.3) is 0 Å². The first kappa shape index (κ1) is 11.0. The Hall–Kier alpha value is -1.53. The lowest BCUT2D eigenvalue weighted by Crippen LogP contribution is -2.38. The number of aliphatic hydroxyl groups is 1. The molecule has 1 heterocycles. The van der Waals surface area contributed by atoms with E-state index in [1.54, 1.807) is 0 Å². The summed E-state index contributed by atoms with van der Waals surface area (Å²) in [4.78, 5) is 2.10. The van der Waals surface area contributed by atoms with Gasteiger partial charge in [0.2, 0.25) is 0 Å². The Morgan fingerprint density at radius 3 is 3.00 bits per heavy atom. The first-order valence-electron chi connectivity index (χ1n) is 5.71. The maximum Gasteiger partial charge on any atom is 0.116 e. The van der Waals surface area contributed by atoms with Gasteiger partial charge in [-0.05, 0) is 18.9 Å². The summed E-state index contributed by atoms with van der Waals surface area (Å²) in [6.07, 6.45) is 1.12. The van der Waals surface area contributed by atoms with E-state index in [0.29, 0.717) is 6.42 Å². The molecule has 1 aromatic carbocycles. The Bertz CT molecular complexity index is 411. The number of benzene rings is 1. The third-order valence-electron chi connectivity index (χ3n) is 3.16. The van der Waals surface area contributed by atoms with Gasteiger partial charge >= 0.3 is 0 Å². The lowest BCUT2D eigenvalue weighted by molar-refractivity contribution is 0.163. The largest absolute Gasteiger partial charge is 0.388 e. The summed E-state index contributed by atoms with van der Waals surface area (Å²) in [5, 5.41) is 19.0. The average molecular weight is 216 g/mol. The zero-order valence-electron chi connectivity index (χ0n) is 9.43. The molecule has 1 aliphatic heterocycles. The Morgan fingerprint density at radius 2 is 2.31 bits per heavy atom. The Balaban J connectivity index is 2.38. The fourth-order valence-corrected chi connectivity index (χ4v) is 2.27. The summed E-state index contributed by atoms with van der Waals surface area (Å²) in [5.41, 5.74) is 1.96. The molecule has 0 aliphatic carbocycles. The van der Waals surface area contributed by atoms with Gasteiger partial charge in [-0.3, -0.25) is 0 Å². The van der Waals surface area contributed by atoms with Crippen LogP contribution in [0.1, 0.15) is 31.4 Å². The first-order valence-corrected chi connectivity index (χ1v) is 5.71. The molecule has 84 valence electrons. The second-order valence-corrected chi connectivity index (χ2v) is 4.11. The Labute approximate surface area is 95.9 Å².